The second-order valence-corrected chi connectivity index (χ2v) is 19.3. The van der Waals surface area contributed by atoms with E-state index in [4.69, 9.17) is 9.52 Å². The average molecular weight is 657 g/mol. The first-order valence-electron chi connectivity index (χ1n) is 16.7. The lowest BCUT2D eigenvalue weighted by molar-refractivity contribution is 0.0964. The third kappa shape index (κ3) is 6.24. The number of rotatable bonds is 9. The van der Waals surface area contributed by atoms with Crippen molar-refractivity contribution in [2.45, 2.75) is 91.2 Å². The first-order chi connectivity index (χ1) is 22.3. The van der Waals surface area contributed by atoms with Gasteiger partial charge in [0, 0.05) is 54.9 Å². The molecule has 47 heavy (non-hydrogen) atoms. The third-order valence-electron chi connectivity index (χ3n) is 10.3. The van der Waals surface area contributed by atoms with Gasteiger partial charge in [-0.05, 0) is 80.1 Å². The summed E-state index contributed by atoms with van der Waals surface area (Å²) in [6, 6.07) is 11.5. The average Bonchev–Trinajstić information content (AvgIpc) is 3.58. The molecule has 0 atom stereocenters. The van der Waals surface area contributed by atoms with Crippen LogP contribution in [0.2, 0.25) is 18.1 Å². The Bertz CT molecular complexity index is 1880. The van der Waals surface area contributed by atoms with Crippen LogP contribution in [-0.4, -0.2) is 51.4 Å². The van der Waals surface area contributed by atoms with Crippen molar-refractivity contribution in [2.75, 3.05) is 23.4 Å². The Morgan fingerprint density at radius 3 is 2.57 bits per heavy atom. The maximum Gasteiger partial charge on any atom is 0.274 e. The van der Waals surface area contributed by atoms with Crippen molar-refractivity contribution >= 4 is 31.4 Å². The van der Waals surface area contributed by atoms with E-state index in [1.54, 1.807) is 24.2 Å². The topological polar surface area (TPSA) is 107 Å². The minimum absolute atomic E-state index is 0.0408. The number of aryl methyl sites for hydroxylation is 3. The van der Waals surface area contributed by atoms with Gasteiger partial charge in [-0.2, -0.15) is 5.10 Å². The molecule has 10 nitrogen and oxygen atoms in total. The van der Waals surface area contributed by atoms with E-state index in [9.17, 15) is 14.7 Å². The summed E-state index contributed by atoms with van der Waals surface area (Å²) in [7, 11) is -0.155. The number of carbonyl (C=O) groups is 1. The maximum atomic E-state index is 13.8. The van der Waals surface area contributed by atoms with E-state index in [0.29, 0.717) is 42.5 Å². The number of amides is 1. The van der Waals surface area contributed by atoms with E-state index < -0.39 is 8.32 Å². The molecule has 0 fully saturated rings. The van der Waals surface area contributed by atoms with E-state index >= 15 is 0 Å². The first kappa shape index (κ1) is 33.0. The van der Waals surface area contributed by atoms with Crippen LogP contribution in [0, 0.1) is 6.92 Å². The fourth-order valence-electron chi connectivity index (χ4n) is 6.62. The van der Waals surface area contributed by atoms with Gasteiger partial charge in [-0.3, -0.25) is 14.3 Å². The van der Waals surface area contributed by atoms with E-state index in [1.165, 1.54) is 15.8 Å². The highest BCUT2D eigenvalue weighted by molar-refractivity contribution is 6.74. The summed E-state index contributed by atoms with van der Waals surface area (Å²) < 4.78 is 12.0. The van der Waals surface area contributed by atoms with Crippen molar-refractivity contribution < 1.29 is 14.3 Å². The molecule has 0 saturated heterocycles. The smallest absolute Gasteiger partial charge is 0.274 e. The zero-order valence-electron chi connectivity index (χ0n) is 28.8. The summed E-state index contributed by atoms with van der Waals surface area (Å²) in [6.45, 7) is 15.4. The predicted octanol–water partition coefficient (Wildman–Crippen LogP) is 6.16. The summed E-state index contributed by atoms with van der Waals surface area (Å²) in [5.41, 5.74) is 7.33. The lowest BCUT2D eigenvalue weighted by atomic mass is 9.98. The van der Waals surface area contributed by atoms with Gasteiger partial charge >= 0.3 is 0 Å². The van der Waals surface area contributed by atoms with Crippen LogP contribution in [-0.2, 0) is 44.0 Å². The van der Waals surface area contributed by atoms with Crippen LogP contribution in [0.15, 0.2) is 47.4 Å². The number of carbonyl (C=O) groups excluding carboxylic acids is 1. The predicted molar refractivity (Wildman–Crippen MR) is 189 cm³/mol. The van der Waals surface area contributed by atoms with Crippen molar-refractivity contribution in [1.29, 1.82) is 0 Å². The second-order valence-electron chi connectivity index (χ2n) is 14.5. The molecule has 0 bridgehead atoms. The molecule has 1 aliphatic carbocycles. The van der Waals surface area contributed by atoms with Crippen LogP contribution >= 0.6 is 0 Å². The molecule has 0 spiro atoms. The monoisotopic (exact) mass is 656 g/mol. The van der Waals surface area contributed by atoms with Crippen molar-refractivity contribution in [1.82, 2.24) is 18.9 Å². The number of nitrogens with one attached hydrogen (secondary N) is 1. The van der Waals surface area contributed by atoms with E-state index in [1.807, 2.05) is 35.9 Å². The second kappa shape index (κ2) is 12.6. The van der Waals surface area contributed by atoms with E-state index in [0.717, 1.165) is 54.7 Å². The molecule has 1 aromatic carbocycles. The zero-order valence-corrected chi connectivity index (χ0v) is 29.8. The Hall–Kier alpha value is -3.93. The molecule has 11 heteroatoms. The van der Waals surface area contributed by atoms with Gasteiger partial charge in [-0.25, -0.2) is 0 Å². The number of aromatic nitrogens is 4. The van der Waals surface area contributed by atoms with Crippen molar-refractivity contribution in [3.63, 3.8) is 0 Å². The highest BCUT2D eigenvalue weighted by Gasteiger charge is 2.37. The summed E-state index contributed by atoms with van der Waals surface area (Å²) >= 11 is 0. The van der Waals surface area contributed by atoms with Crippen molar-refractivity contribution in [2.24, 2.45) is 7.05 Å². The first-order valence-corrected chi connectivity index (χ1v) is 19.6. The van der Waals surface area contributed by atoms with Crippen LogP contribution in [0.4, 0.5) is 17.2 Å². The summed E-state index contributed by atoms with van der Waals surface area (Å²) in [5.74, 6) is 0.533. The molecule has 250 valence electrons. The molecule has 0 unspecified atom stereocenters. The normalized spacial score (nSPS) is 15.1. The van der Waals surface area contributed by atoms with E-state index in [2.05, 4.69) is 49.8 Å². The van der Waals surface area contributed by atoms with Crippen molar-refractivity contribution in [3.05, 3.63) is 81.2 Å². The third-order valence-corrected chi connectivity index (χ3v) is 14.9. The molecule has 4 heterocycles. The number of aliphatic hydroxyl groups is 1. The van der Waals surface area contributed by atoms with Crippen LogP contribution in [0.3, 0.4) is 0 Å². The maximum absolute atomic E-state index is 13.8. The number of aliphatic hydroxyl groups excluding tert-OH is 1. The Kier molecular flexibility index (Phi) is 8.84. The van der Waals surface area contributed by atoms with Crippen LogP contribution < -0.4 is 15.8 Å². The number of hydrogen-bond donors (Lipinski definition) is 2. The number of pyridine rings is 1. The van der Waals surface area contributed by atoms with Crippen LogP contribution in [0.1, 0.15) is 66.6 Å². The lowest BCUT2D eigenvalue weighted by Crippen LogP contribution is -2.41. The van der Waals surface area contributed by atoms with Crippen molar-refractivity contribution in [3.8, 4) is 11.1 Å². The number of anilines is 3. The highest BCUT2D eigenvalue weighted by atomic mass is 28.4. The fraction of sp³-hybridized carbons (Fsp3) is 0.472. The quantitative estimate of drug-likeness (QED) is 0.209. The molecular formula is C36H48N6O4Si. The number of fused-ring (bicyclic) bond motifs is 3. The minimum Gasteiger partial charge on any atom is -0.415 e. The lowest BCUT2D eigenvalue weighted by Gasteiger charge is -2.36. The Morgan fingerprint density at radius 1 is 1.06 bits per heavy atom. The molecule has 0 radical (unpaired) electrons. The molecule has 6 rings (SSSR count). The molecule has 4 aromatic rings. The zero-order chi connectivity index (χ0) is 33.7. The van der Waals surface area contributed by atoms with E-state index in [-0.39, 0.29) is 23.1 Å². The van der Waals surface area contributed by atoms with Gasteiger partial charge in [0.25, 0.3) is 11.5 Å². The largest absolute Gasteiger partial charge is 0.415 e. The van der Waals surface area contributed by atoms with Gasteiger partial charge in [0.15, 0.2) is 14.1 Å². The molecule has 0 saturated carbocycles. The van der Waals surface area contributed by atoms with Gasteiger partial charge in [0.2, 0.25) is 0 Å². The Balaban J connectivity index is 1.26. The SMILES string of the molecule is Cc1cc(Nc2cc(-c3cccc(N4CCn5c(cc6c5CCCC6)C4=O)c3CO)cn(C)c2=O)nn1CCO[Si](C)(C)C(C)(C)C. The Labute approximate surface area is 278 Å². The molecule has 3 aromatic heterocycles. The molecule has 1 amide bonds. The fourth-order valence-corrected chi connectivity index (χ4v) is 7.65. The number of hydrogen-bond acceptors (Lipinski definition) is 6. The molecule has 2 N–H and O–H groups in total. The minimum atomic E-state index is -1.87. The van der Waals surface area contributed by atoms with Crippen LogP contribution in [0.25, 0.3) is 11.1 Å². The molecular weight excluding hydrogens is 609 g/mol. The summed E-state index contributed by atoms with van der Waals surface area (Å²) in [5, 5.41) is 18.8. The standard InChI is InChI=1S/C36H48N6O4Si/c1-24-19-33(38-42(24)17-18-46-47(6,7)36(2,3)4)37-29-20-26(22-39(5)34(29)44)27-12-10-14-31(28(27)23-43)41-16-15-40-30-13-9-8-11-25(30)21-32(40)35(41)45/h10,12,14,19-22,43H,8-9,11,13,15-18,23H2,1-7H3,(H,37,38). The summed E-state index contributed by atoms with van der Waals surface area (Å²) in [6.07, 6.45) is 6.14. The molecule has 2 aliphatic rings. The van der Waals surface area contributed by atoms with Crippen LogP contribution in [0.5, 0.6) is 0 Å². The number of nitrogens with zero attached hydrogens (tertiary/aromatic N) is 5. The highest BCUT2D eigenvalue weighted by Crippen LogP contribution is 2.37. The van der Waals surface area contributed by atoms with Gasteiger partial charge in [0.1, 0.15) is 11.4 Å². The Morgan fingerprint density at radius 2 is 1.83 bits per heavy atom. The van der Waals surface area contributed by atoms with Gasteiger partial charge in [0.05, 0.1) is 25.4 Å². The van der Waals surface area contributed by atoms with Gasteiger partial charge < -0.3 is 28.9 Å². The number of benzene rings is 1. The van der Waals surface area contributed by atoms with Gasteiger partial charge in [-0.1, -0.05) is 32.9 Å². The molecule has 1 aliphatic heterocycles. The summed E-state index contributed by atoms with van der Waals surface area (Å²) in [4.78, 5) is 28.9. The van der Waals surface area contributed by atoms with Gasteiger partial charge in [-0.15, -0.1) is 0 Å².